The Kier molecular flexibility index (Phi) is 9.00. The molecule has 140 valence electrons. The van der Waals surface area contributed by atoms with Crippen molar-refractivity contribution in [2.75, 3.05) is 5.32 Å². The van der Waals surface area contributed by atoms with E-state index < -0.39 is 0 Å². The molecule has 3 nitrogen and oxygen atoms in total. The van der Waals surface area contributed by atoms with Crippen molar-refractivity contribution in [2.24, 2.45) is 5.10 Å². The number of nitrogens with one attached hydrogen (secondary N) is 1. The Morgan fingerprint density at radius 2 is 1.42 bits per heavy atom. The van der Waals surface area contributed by atoms with E-state index in [-0.39, 0.29) is 4.87 Å². The third-order valence-electron chi connectivity index (χ3n) is 3.39. The van der Waals surface area contributed by atoms with Gasteiger partial charge in [0.05, 0.1) is 0 Å². The van der Waals surface area contributed by atoms with Crippen molar-refractivity contribution in [3.05, 3.63) is 78.6 Å². The van der Waals surface area contributed by atoms with E-state index in [1.54, 1.807) is 11.8 Å². The third kappa shape index (κ3) is 5.67. The highest BCUT2D eigenvalue weighted by molar-refractivity contribution is 8.15. The molecule has 1 aliphatic rings. The summed E-state index contributed by atoms with van der Waals surface area (Å²) in [5.74, 6) is 0.773. The molecule has 0 atom stereocenters. The van der Waals surface area contributed by atoms with Gasteiger partial charge in [0.15, 0.2) is 0 Å². The molecule has 0 aliphatic carbocycles. The zero-order chi connectivity index (χ0) is 19.6. The van der Waals surface area contributed by atoms with Gasteiger partial charge in [0, 0.05) is 11.3 Å². The van der Waals surface area contributed by atoms with Gasteiger partial charge in [-0.1, -0.05) is 94.6 Å². The maximum atomic E-state index is 4.76. The molecule has 0 bridgehead atoms. The first kappa shape index (κ1) is 21.8. The molecule has 0 aromatic heterocycles. The van der Waals surface area contributed by atoms with Crippen LogP contribution in [0.1, 0.15) is 47.1 Å². The summed E-state index contributed by atoms with van der Waals surface area (Å²) in [6.45, 7) is 16.4. The van der Waals surface area contributed by atoms with Crippen LogP contribution in [-0.2, 0) is 0 Å². The molecule has 1 N–H and O–H groups in total. The van der Waals surface area contributed by atoms with Crippen LogP contribution in [-0.4, -0.2) is 14.9 Å². The van der Waals surface area contributed by atoms with Crippen LogP contribution in [0.25, 0.3) is 0 Å². The lowest BCUT2D eigenvalue weighted by atomic mass is 10.2. The lowest BCUT2D eigenvalue weighted by Crippen LogP contribution is -2.35. The van der Waals surface area contributed by atoms with Crippen LogP contribution < -0.4 is 5.32 Å². The fourth-order valence-corrected chi connectivity index (χ4v) is 3.42. The molecule has 0 fully saturated rings. The molecule has 0 saturated carbocycles. The fourth-order valence-electron chi connectivity index (χ4n) is 2.34. The normalized spacial score (nSPS) is 14.2. The van der Waals surface area contributed by atoms with Gasteiger partial charge in [-0.25, -0.2) is 5.01 Å². The lowest BCUT2D eigenvalue weighted by Gasteiger charge is -2.30. The largest absolute Gasteiger partial charge is 0.341 e. The van der Waals surface area contributed by atoms with Gasteiger partial charge in [-0.15, -0.1) is 0 Å². The van der Waals surface area contributed by atoms with Crippen LogP contribution in [0.3, 0.4) is 0 Å². The SMILES string of the molecule is C=C(Nc1ccccc1)N1N=C(c2ccccc2)SC1(C)C.CC.CC. The zero-order valence-electron chi connectivity index (χ0n) is 16.8. The van der Waals surface area contributed by atoms with Gasteiger partial charge in [-0.05, 0) is 26.0 Å². The summed E-state index contributed by atoms with van der Waals surface area (Å²) in [7, 11) is 0. The van der Waals surface area contributed by atoms with Crippen LogP contribution >= 0.6 is 11.8 Å². The van der Waals surface area contributed by atoms with Crippen LogP contribution in [0.15, 0.2) is 78.2 Å². The molecule has 0 radical (unpaired) electrons. The van der Waals surface area contributed by atoms with E-state index in [0.717, 1.165) is 22.1 Å². The first-order chi connectivity index (χ1) is 12.6. The van der Waals surface area contributed by atoms with E-state index in [4.69, 9.17) is 5.10 Å². The molecular weight excluding hydrogens is 338 g/mol. The summed E-state index contributed by atoms with van der Waals surface area (Å²) in [4.78, 5) is -0.177. The molecule has 4 heteroatoms. The number of benzene rings is 2. The molecule has 2 aromatic rings. The Morgan fingerprint density at radius 3 is 1.96 bits per heavy atom. The predicted molar refractivity (Wildman–Crippen MR) is 118 cm³/mol. The second-order valence-electron chi connectivity index (χ2n) is 5.57. The quantitative estimate of drug-likeness (QED) is 0.644. The highest BCUT2D eigenvalue weighted by Gasteiger charge is 2.37. The standard InChI is InChI=1S/C18H19N3S.2C2H6/c1-14(19-16-12-8-5-9-13-16)21-18(2,3)22-17(20-21)15-10-6-4-7-11-15;2*1-2/h4-13,19H,1H2,2-3H3;2*1-2H3. The second kappa shape index (κ2) is 10.7. The number of hydrogen-bond acceptors (Lipinski definition) is 4. The topological polar surface area (TPSA) is 27.6 Å². The number of para-hydroxylation sites is 1. The van der Waals surface area contributed by atoms with Gasteiger partial charge in [0.25, 0.3) is 0 Å². The molecule has 0 unspecified atom stereocenters. The monoisotopic (exact) mass is 369 g/mol. The Morgan fingerprint density at radius 1 is 0.923 bits per heavy atom. The fraction of sp³-hybridized carbons (Fsp3) is 0.318. The molecule has 1 aliphatic heterocycles. The number of hydrogen-bond donors (Lipinski definition) is 1. The van der Waals surface area contributed by atoms with Crippen molar-refractivity contribution in [3.8, 4) is 0 Å². The maximum Gasteiger partial charge on any atom is 0.126 e. The second-order valence-corrected chi connectivity index (χ2v) is 7.16. The Hall–Kier alpha value is -2.20. The number of anilines is 1. The average molecular weight is 370 g/mol. The summed E-state index contributed by atoms with van der Waals surface area (Å²) < 4.78 is 0. The first-order valence-corrected chi connectivity index (χ1v) is 10.0. The number of nitrogens with zero attached hydrogens (tertiary/aromatic N) is 2. The highest BCUT2D eigenvalue weighted by Crippen LogP contribution is 2.40. The molecule has 3 rings (SSSR count). The van der Waals surface area contributed by atoms with E-state index in [0.29, 0.717) is 0 Å². The van der Waals surface area contributed by atoms with Gasteiger partial charge in [-0.2, -0.15) is 5.10 Å². The van der Waals surface area contributed by atoms with Crippen molar-refractivity contribution < 1.29 is 0 Å². The van der Waals surface area contributed by atoms with E-state index >= 15 is 0 Å². The summed E-state index contributed by atoms with van der Waals surface area (Å²) in [5, 5.41) is 11.0. The summed E-state index contributed by atoms with van der Waals surface area (Å²) in [6.07, 6.45) is 0. The Bertz CT molecular complexity index is 694. The van der Waals surface area contributed by atoms with E-state index in [1.807, 2.05) is 81.2 Å². The van der Waals surface area contributed by atoms with Crippen molar-refractivity contribution in [1.29, 1.82) is 0 Å². The molecule has 2 aromatic carbocycles. The van der Waals surface area contributed by atoms with E-state index in [9.17, 15) is 0 Å². The molecule has 0 saturated heterocycles. The van der Waals surface area contributed by atoms with E-state index in [1.165, 1.54) is 0 Å². The van der Waals surface area contributed by atoms with Crippen LogP contribution in [0.5, 0.6) is 0 Å². The van der Waals surface area contributed by atoms with Crippen molar-refractivity contribution in [3.63, 3.8) is 0 Å². The highest BCUT2D eigenvalue weighted by atomic mass is 32.2. The van der Waals surface area contributed by atoms with Gasteiger partial charge in [0.1, 0.15) is 15.7 Å². The third-order valence-corrected chi connectivity index (χ3v) is 4.57. The molecule has 0 spiro atoms. The minimum atomic E-state index is -0.177. The maximum absolute atomic E-state index is 4.76. The van der Waals surface area contributed by atoms with Gasteiger partial charge < -0.3 is 5.32 Å². The first-order valence-electron chi connectivity index (χ1n) is 9.20. The number of thioether (sulfide) groups is 1. The number of rotatable bonds is 4. The Labute approximate surface area is 163 Å². The van der Waals surface area contributed by atoms with Crippen molar-refractivity contribution in [1.82, 2.24) is 5.01 Å². The van der Waals surface area contributed by atoms with Crippen LogP contribution in [0.2, 0.25) is 0 Å². The molecule has 1 heterocycles. The van der Waals surface area contributed by atoms with Gasteiger partial charge >= 0.3 is 0 Å². The summed E-state index contributed by atoms with van der Waals surface area (Å²) in [5.41, 5.74) is 2.15. The summed E-state index contributed by atoms with van der Waals surface area (Å²) >= 11 is 1.74. The van der Waals surface area contributed by atoms with E-state index in [2.05, 4.69) is 37.9 Å². The van der Waals surface area contributed by atoms with Gasteiger partial charge in [-0.3, -0.25) is 0 Å². The average Bonchev–Trinajstić information content (AvgIpc) is 3.02. The number of hydrazone groups is 1. The van der Waals surface area contributed by atoms with Crippen LogP contribution in [0.4, 0.5) is 5.69 Å². The Balaban J connectivity index is 0.000000791. The smallest absolute Gasteiger partial charge is 0.126 e. The minimum absolute atomic E-state index is 0.177. The molecule has 0 amide bonds. The van der Waals surface area contributed by atoms with Crippen molar-refractivity contribution in [2.45, 2.75) is 46.4 Å². The van der Waals surface area contributed by atoms with Crippen molar-refractivity contribution >= 4 is 22.5 Å². The summed E-state index contributed by atoms with van der Waals surface area (Å²) in [6, 6.07) is 20.3. The molecule has 26 heavy (non-hydrogen) atoms. The zero-order valence-corrected chi connectivity index (χ0v) is 17.6. The predicted octanol–water partition coefficient (Wildman–Crippen LogP) is 6.77. The van der Waals surface area contributed by atoms with Crippen LogP contribution in [0, 0.1) is 0 Å². The minimum Gasteiger partial charge on any atom is -0.341 e. The van der Waals surface area contributed by atoms with Gasteiger partial charge in [0.2, 0.25) is 0 Å². The lowest BCUT2D eigenvalue weighted by molar-refractivity contribution is 0.280. The molecular formula is C22H31N3S.